The summed E-state index contributed by atoms with van der Waals surface area (Å²) in [5.74, 6) is 1.71. The number of rotatable bonds is 3. The van der Waals surface area contributed by atoms with E-state index in [0.717, 1.165) is 23.6 Å². The van der Waals surface area contributed by atoms with Crippen molar-refractivity contribution in [2.75, 3.05) is 18.0 Å². The third kappa shape index (κ3) is 2.11. The van der Waals surface area contributed by atoms with Crippen LogP contribution in [-0.2, 0) is 6.42 Å². The molecule has 1 aliphatic heterocycles. The van der Waals surface area contributed by atoms with Gasteiger partial charge in [0.25, 0.3) is 0 Å². The highest BCUT2D eigenvalue weighted by Gasteiger charge is 2.32. The van der Waals surface area contributed by atoms with Gasteiger partial charge in [0, 0.05) is 24.0 Å². The third-order valence-corrected chi connectivity index (χ3v) is 5.29. The van der Waals surface area contributed by atoms with Crippen molar-refractivity contribution in [3.8, 4) is 0 Å². The van der Waals surface area contributed by atoms with Crippen molar-refractivity contribution in [2.45, 2.75) is 32.7 Å². The van der Waals surface area contributed by atoms with Gasteiger partial charge in [-0.05, 0) is 24.8 Å². The lowest BCUT2D eigenvalue weighted by molar-refractivity contribution is 0.518. The maximum atomic E-state index is 5.94. The minimum absolute atomic E-state index is 0.406. The van der Waals surface area contributed by atoms with Crippen LogP contribution < -0.4 is 10.6 Å². The molecule has 1 aliphatic rings. The van der Waals surface area contributed by atoms with Gasteiger partial charge in [0.15, 0.2) is 0 Å². The Morgan fingerprint density at radius 3 is 3.05 bits per heavy atom. The number of aromatic nitrogens is 2. The van der Waals surface area contributed by atoms with Crippen LogP contribution in [0.2, 0.25) is 0 Å². The van der Waals surface area contributed by atoms with Crippen LogP contribution in [0.3, 0.4) is 0 Å². The van der Waals surface area contributed by atoms with Crippen molar-refractivity contribution in [1.82, 2.24) is 9.97 Å². The van der Waals surface area contributed by atoms with E-state index >= 15 is 0 Å². The second-order valence-electron chi connectivity index (χ2n) is 5.24. The van der Waals surface area contributed by atoms with Gasteiger partial charge in [0.1, 0.15) is 17.0 Å². The normalized spacial score (nSPS) is 23.4. The van der Waals surface area contributed by atoms with E-state index in [1.54, 1.807) is 17.7 Å². The first-order chi connectivity index (χ1) is 9.24. The Morgan fingerprint density at radius 1 is 1.47 bits per heavy atom. The summed E-state index contributed by atoms with van der Waals surface area (Å²) in [5, 5.41) is 1.19. The van der Waals surface area contributed by atoms with Crippen LogP contribution in [0.4, 0.5) is 5.82 Å². The van der Waals surface area contributed by atoms with Crippen molar-refractivity contribution >= 4 is 27.4 Å². The van der Waals surface area contributed by atoms with Gasteiger partial charge in [-0.3, -0.25) is 0 Å². The minimum atomic E-state index is 0.406. The Hall–Kier alpha value is -1.20. The van der Waals surface area contributed by atoms with E-state index in [9.17, 15) is 0 Å². The Bertz CT molecular complexity index is 580. The van der Waals surface area contributed by atoms with Gasteiger partial charge in [-0.15, -0.1) is 11.3 Å². The van der Waals surface area contributed by atoms with E-state index in [-0.39, 0.29) is 0 Å². The number of fused-ring (bicyclic) bond motifs is 1. The van der Waals surface area contributed by atoms with Crippen LogP contribution in [-0.4, -0.2) is 29.1 Å². The summed E-state index contributed by atoms with van der Waals surface area (Å²) >= 11 is 1.77. The first kappa shape index (κ1) is 12.8. The van der Waals surface area contributed by atoms with Gasteiger partial charge in [-0.25, -0.2) is 9.97 Å². The molecule has 0 spiro atoms. The Kier molecular flexibility index (Phi) is 3.41. The molecule has 3 heterocycles. The molecule has 2 aromatic heterocycles. The molecule has 19 heavy (non-hydrogen) atoms. The average molecular weight is 276 g/mol. The molecule has 0 bridgehead atoms. The quantitative estimate of drug-likeness (QED) is 0.935. The number of anilines is 1. The highest BCUT2D eigenvalue weighted by atomic mass is 32.1. The molecular weight excluding hydrogens is 256 g/mol. The van der Waals surface area contributed by atoms with Crippen molar-refractivity contribution < 1.29 is 0 Å². The predicted molar refractivity (Wildman–Crippen MR) is 80.8 cm³/mol. The number of aryl methyl sites for hydroxylation is 1. The molecule has 0 saturated carbocycles. The molecule has 1 fully saturated rings. The standard InChI is InChI=1S/C14H20N4S/c1-3-10-6-11-13(16-8-17-14(11)19-10)18-5-4-9(2)12(18)7-15/h6,8-9,12H,3-5,7,15H2,1-2H3. The zero-order valence-corrected chi connectivity index (χ0v) is 12.3. The van der Waals surface area contributed by atoms with Crippen molar-refractivity contribution in [3.63, 3.8) is 0 Å². The number of hydrogen-bond acceptors (Lipinski definition) is 5. The van der Waals surface area contributed by atoms with E-state index in [1.165, 1.54) is 16.7 Å². The van der Waals surface area contributed by atoms with E-state index in [2.05, 4.69) is 34.8 Å². The van der Waals surface area contributed by atoms with Gasteiger partial charge in [-0.1, -0.05) is 13.8 Å². The molecule has 3 rings (SSSR count). The lowest BCUT2D eigenvalue weighted by Crippen LogP contribution is -2.38. The summed E-state index contributed by atoms with van der Waals surface area (Å²) < 4.78 is 0. The SMILES string of the molecule is CCc1cc2c(N3CCC(C)C3CN)ncnc2s1. The summed E-state index contributed by atoms with van der Waals surface area (Å²) in [5.41, 5.74) is 5.94. The fraction of sp³-hybridized carbons (Fsp3) is 0.571. The Balaban J connectivity index is 2.07. The van der Waals surface area contributed by atoms with Crippen molar-refractivity contribution in [1.29, 1.82) is 0 Å². The molecule has 2 atom stereocenters. The van der Waals surface area contributed by atoms with Gasteiger partial charge >= 0.3 is 0 Å². The molecular formula is C14H20N4S. The molecule has 1 saturated heterocycles. The average Bonchev–Trinajstić information content (AvgIpc) is 3.00. The zero-order valence-electron chi connectivity index (χ0n) is 11.5. The fourth-order valence-corrected chi connectivity index (χ4v) is 3.86. The van der Waals surface area contributed by atoms with Crippen molar-refractivity contribution in [3.05, 3.63) is 17.3 Å². The summed E-state index contributed by atoms with van der Waals surface area (Å²) in [7, 11) is 0. The summed E-state index contributed by atoms with van der Waals surface area (Å²) in [6.45, 7) is 6.20. The molecule has 2 unspecified atom stereocenters. The smallest absolute Gasteiger partial charge is 0.141 e. The van der Waals surface area contributed by atoms with Gasteiger partial charge in [0.05, 0.1) is 5.39 Å². The van der Waals surface area contributed by atoms with E-state index < -0.39 is 0 Å². The number of thiophene rings is 1. The maximum absolute atomic E-state index is 5.94. The molecule has 0 radical (unpaired) electrons. The summed E-state index contributed by atoms with van der Waals surface area (Å²) in [4.78, 5) is 13.8. The van der Waals surface area contributed by atoms with Crippen LogP contribution in [0, 0.1) is 5.92 Å². The zero-order chi connectivity index (χ0) is 13.4. The number of hydrogen-bond donors (Lipinski definition) is 1. The second kappa shape index (κ2) is 5.06. The number of nitrogens with zero attached hydrogens (tertiary/aromatic N) is 3. The molecule has 5 heteroatoms. The molecule has 0 amide bonds. The van der Waals surface area contributed by atoms with E-state index in [4.69, 9.17) is 5.73 Å². The first-order valence-corrected chi connectivity index (χ1v) is 7.76. The molecule has 2 N–H and O–H groups in total. The predicted octanol–water partition coefficient (Wildman–Crippen LogP) is 2.43. The highest BCUT2D eigenvalue weighted by molar-refractivity contribution is 7.18. The largest absolute Gasteiger partial charge is 0.351 e. The topological polar surface area (TPSA) is 55.0 Å². The molecule has 0 aliphatic carbocycles. The summed E-state index contributed by atoms with van der Waals surface area (Å²) in [6.07, 6.45) is 3.93. The lowest BCUT2D eigenvalue weighted by atomic mass is 10.0. The second-order valence-corrected chi connectivity index (χ2v) is 6.36. The van der Waals surface area contributed by atoms with E-state index in [1.807, 2.05) is 0 Å². The lowest BCUT2D eigenvalue weighted by Gasteiger charge is -2.27. The summed E-state index contributed by atoms with van der Waals surface area (Å²) in [6, 6.07) is 2.65. The molecule has 2 aromatic rings. The molecule has 0 aromatic carbocycles. The van der Waals surface area contributed by atoms with Gasteiger partial charge in [-0.2, -0.15) is 0 Å². The van der Waals surface area contributed by atoms with E-state index in [0.29, 0.717) is 18.5 Å². The van der Waals surface area contributed by atoms with Crippen LogP contribution in [0.5, 0.6) is 0 Å². The Morgan fingerprint density at radius 2 is 2.32 bits per heavy atom. The van der Waals surface area contributed by atoms with Crippen LogP contribution >= 0.6 is 11.3 Å². The fourth-order valence-electron chi connectivity index (χ4n) is 2.93. The maximum Gasteiger partial charge on any atom is 0.141 e. The highest BCUT2D eigenvalue weighted by Crippen LogP contribution is 2.35. The van der Waals surface area contributed by atoms with Crippen LogP contribution in [0.1, 0.15) is 25.1 Å². The minimum Gasteiger partial charge on any atom is -0.351 e. The van der Waals surface area contributed by atoms with Crippen molar-refractivity contribution in [2.24, 2.45) is 11.7 Å². The third-order valence-electron chi connectivity index (χ3n) is 4.10. The van der Waals surface area contributed by atoms with Crippen LogP contribution in [0.15, 0.2) is 12.4 Å². The Labute approximate surface area is 117 Å². The molecule has 102 valence electrons. The molecule has 4 nitrogen and oxygen atoms in total. The van der Waals surface area contributed by atoms with Gasteiger partial charge < -0.3 is 10.6 Å². The van der Waals surface area contributed by atoms with Crippen LogP contribution in [0.25, 0.3) is 10.2 Å². The monoisotopic (exact) mass is 276 g/mol. The number of nitrogens with two attached hydrogens (primary N) is 1. The first-order valence-electron chi connectivity index (χ1n) is 6.94. The van der Waals surface area contributed by atoms with Gasteiger partial charge in [0.2, 0.25) is 0 Å².